The highest BCUT2D eigenvalue weighted by molar-refractivity contribution is 5.98. The number of alkyl halides is 3. The molecule has 0 heterocycles. The molecule has 1 saturated carbocycles. The molecule has 0 saturated heterocycles. The average Bonchev–Trinajstić information content (AvgIpc) is 2.46. The van der Waals surface area contributed by atoms with E-state index in [-0.39, 0.29) is 29.7 Å². The smallest absolute Gasteiger partial charge is 0.381 e. The van der Waals surface area contributed by atoms with Crippen LogP contribution in [-0.2, 0) is 6.18 Å². The van der Waals surface area contributed by atoms with Gasteiger partial charge in [-0.15, -0.1) is 12.4 Å². The summed E-state index contributed by atoms with van der Waals surface area (Å²) in [6, 6.07) is 3.10. The number of rotatable bonds is 4. The number of benzene rings is 1. The van der Waals surface area contributed by atoms with E-state index in [1.54, 1.807) is 0 Å². The van der Waals surface area contributed by atoms with Crippen molar-refractivity contribution in [2.45, 2.75) is 51.7 Å². The molecular formula is C17H24ClF3N2O. The highest BCUT2D eigenvalue weighted by Gasteiger charge is 2.33. The molecule has 136 valence electrons. The van der Waals surface area contributed by atoms with Crippen LogP contribution in [0.1, 0.15) is 55.5 Å². The van der Waals surface area contributed by atoms with E-state index < -0.39 is 17.6 Å². The van der Waals surface area contributed by atoms with Crippen LogP contribution in [0.25, 0.3) is 0 Å². The highest BCUT2D eigenvalue weighted by Crippen LogP contribution is 2.36. The Kier molecular flexibility index (Phi) is 6.96. The van der Waals surface area contributed by atoms with Crippen LogP contribution >= 0.6 is 12.4 Å². The number of anilines is 1. The number of carbonyl (C=O) groups is 1. The third-order valence-corrected chi connectivity index (χ3v) is 4.63. The Morgan fingerprint density at radius 3 is 2.42 bits per heavy atom. The van der Waals surface area contributed by atoms with Gasteiger partial charge in [-0.05, 0) is 42.9 Å². The molecule has 0 aliphatic heterocycles. The Morgan fingerprint density at radius 1 is 1.25 bits per heavy atom. The van der Waals surface area contributed by atoms with Crippen molar-refractivity contribution in [3.63, 3.8) is 0 Å². The van der Waals surface area contributed by atoms with E-state index in [1.165, 1.54) is 0 Å². The molecule has 3 nitrogen and oxygen atoms in total. The van der Waals surface area contributed by atoms with Gasteiger partial charge in [0.1, 0.15) is 0 Å². The van der Waals surface area contributed by atoms with Crippen molar-refractivity contribution in [3.8, 4) is 0 Å². The standard InChI is InChI=1S/C17H23F3N2O.ClH/c1-10(2)12-5-3-4-6-14(12)22-15-9-11(17(18,19)20)7-8-13(15)16(21)23;/h7-10,12,14,22H,3-6H2,1-2H3,(H2,21,23);1H/t12-,14-;/m0./s1. The second-order valence-electron chi connectivity index (χ2n) is 6.57. The van der Waals surface area contributed by atoms with E-state index in [9.17, 15) is 18.0 Å². The minimum absolute atomic E-state index is 0. The predicted molar refractivity (Wildman–Crippen MR) is 91.4 cm³/mol. The molecule has 1 aromatic carbocycles. The Bertz CT molecular complexity index is 575. The first-order valence-corrected chi connectivity index (χ1v) is 7.97. The van der Waals surface area contributed by atoms with Crippen LogP contribution in [0.5, 0.6) is 0 Å². The van der Waals surface area contributed by atoms with Gasteiger partial charge in [-0.25, -0.2) is 0 Å². The van der Waals surface area contributed by atoms with Gasteiger partial charge in [-0.3, -0.25) is 4.79 Å². The summed E-state index contributed by atoms with van der Waals surface area (Å²) in [6.07, 6.45) is -0.355. The van der Waals surface area contributed by atoms with E-state index in [2.05, 4.69) is 19.2 Å². The molecule has 3 N–H and O–H groups in total. The Morgan fingerprint density at radius 2 is 1.88 bits per heavy atom. The first kappa shape index (κ1) is 20.6. The molecule has 0 unspecified atom stereocenters. The van der Waals surface area contributed by atoms with E-state index in [0.29, 0.717) is 11.8 Å². The molecule has 0 radical (unpaired) electrons. The fraction of sp³-hybridized carbons (Fsp3) is 0.588. The predicted octanol–water partition coefficient (Wildman–Crippen LogP) is 4.85. The topological polar surface area (TPSA) is 55.1 Å². The first-order valence-electron chi connectivity index (χ1n) is 7.97. The Labute approximate surface area is 146 Å². The van der Waals surface area contributed by atoms with Gasteiger partial charge in [0.15, 0.2) is 0 Å². The van der Waals surface area contributed by atoms with Crippen molar-refractivity contribution in [2.75, 3.05) is 5.32 Å². The van der Waals surface area contributed by atoms with Gasteiger partial charge in [-0.1, -0.05) is 26.7 Å². The van der Waals surface area contributed by atoms with Crippen LogP contribution < -0.4 is 11.1 Å². The minimum atomic E-state index is -4.45. The van der Waals surface area contributed by atoms with Crippen molar-refractivity contribution in [1.82, 2.24) is 0 Å². The van der Waals surface area contributed by atoms with Gasteiger partial charge in [0, 0.05) is 11.7 Å². The molecule has 1 aliphatic rings. The zero-order chi connectivity index (χ0) is 17.2. The van der Waals surface area contributed by atoms with Crippen molar-refractivity contribution < 1.29 is 18.0 Å². The maximum Gasteiger partial charge on any atom is 0.416 e. The van der Waals surface area contributed by atoms with Crippen LogP contribution in [0.15, 0.2) is 18.2 Å². The summed E-state index contributed by atoms with van der Waals surface area (Å²) in [7, 11) is 0. The van der Waals surface area contributed by atoms with Crippen molar-refractivity contribution in [3.05, 3.63) is 29.3 Å². The fourth-order valence-electron chi connectivity index (χ4n) is 3.39. The van der Waals surface area contributed by atoms with E-state index in [4.69, 9.17) is 5.73 Å². The number of primary amides is 1. The largest absolute Gasteiger partial charge is 0.416 e. The van der Waals surface area contributed by atoms with Crippen molar-refractivity contribution >= 4 is 24.0 Å². The van der Waals surface area contributed by atoms with Gasteiger partial charge in [-0.2, -0.15) is 13.2 Å². The molecule has 0 spiro atoms. The molecule has 1 aromatic rings. The highest BCUT2D eigenvalue weighted by atomic mass is 35.5. The lowest BCUT2D eigenvalue weighted by Gasteiger charge is -2.36. The first-order chi connectivity index (χ1) is 10.7. The molecule has 1 fully saturated rings. The van der Waals surface area contributed by atoms with Crippen LogP contribution in [0, 0.1) is 11.8 Å². The van der Waals surface area contributed by atoms with Crippen LogP contribution in [0.4, 0.5) is 18.9 Å². The van der Waals surface area contributed by atoms with E-state index in [0.717, 1.165) is 43.9 Å². The molecule has 2 atom stereocenters. The van der Waals surface area contributed by atoms with Crippen molar-refractivity contribution in [1.29, 1.82) is 0 Å². The zero-order valence-electron chi connectivity index (χ0n) is 13.8. The number of hydrogen-bond acceptors (Lipinski definition) is 2. The van der Waals surface area contributed by atoms with E-state index >= 15 is 0 Å². The summed E-state index contributed by atoms with van der Waals surface area (Å²) in [5.41, 5.74) is 4.82. The Hall–Kier alpha value is -1.43. The summed E-state index contributed by atoms with van der Waals surface area (Å²) >= 11 is 0. The minimum Gasteiger partial charge on any atom is -0.381 e. The van der Waals surface area contributed by atoms with Crippen LogP contribution in [-0.4, -0.2) is 11.9 Å². The van der Waals surface area contributed by atoms with Crippen molar-refractivity contribution in [2.24, 2.45) is 17.6 Å². The summed E-state index contributed by atoms with van der Waals surface area (Å²) in [4.78, 5) is 11.5. The number of nitrogens with one attached hydrogen (secondary N) is 1. The number of nitrogens with two attached hydrogens (primary N) is 1. The SMILES string of the molecule is CC(C)[C@@H]1CCCC[C@@H]1Nc1cc(C(F)(F)F)ccc1C(N)=O.Cl. The molecule has 24 heavy (non-hydrogen) atoms. The second-order valence-corrected chi connectivity index (χ2v) is 6.57. The van der Waals surface area contributed by atoms with Gasteiger partial charge in [0.25, 0.3) is 5.91 Å². The lowest BCUT2D eigenvalue weighted by atomic mass is 9.77. The number of amides is 1. The molecule has 0 aromatic heterocycles. The quantitative estimate of drug-likeness (QED) is 0.802. The summed E-state index contributed by atoms with van der Waals surface area (Å²) in [5.74, 6) is 0.0766. The van der Waals surface area contributed by atoms with Crippen LogP contribution in [0.2, 0.25) is 0 Å². The lowest BCUT2D eigenvalue weighted by Crippen LogP contribution is -2.36. The normalized spacial score (nSPS) is 21.2. The maximum atomic E-state index is 12.9. The third kappa shape index (κ3) is 4.79. The third-order valence-electron chi connectivity index (χ3n) is 4.63. The van der Waals surface area contributed by atoms with Crippen LogP contribution in [0.3, 0.4) is 0 Å². The molecule has 2 rings (SSSR count). The Balaban J connectivity index is 0.00000288. The number of halogens is 4. The monoisotopic (exact) mass is 364 g/mol. The molecule has 1 aliphatic carbocycles. The summed E-state index contributed by atoms with van der Waals surface area (Å²) < 4.78 is 38.8. The van der Waals surface area contributed by atoms with E-state index in [1.807, 2.05) is 0 Å². The number of carbonyl (C=O) groups excluding carboxylic acids is 1. The lowest BCUT2D eigenvalue weighted by molar-refractivity contribution is -0.137. The fourth-order valence-corrected chi connectivity index (χ4v) is 3.39. The van der Waals surface area contributed by atoms with Gasteiger partial charge in [0.05, 0.1) is 11.1 Å². The number of hydrogen-bond donors (Lipinski definition) is 2. The summed E-state index contributed by atoms with van der Waals surface area (Å²) in [6.45, 7) is 4.23. The van der Waals surface area contributed by atoms with Gasteiger partial charge < -0.3 is 11.1 Å². The van der Waals surface area contributed by atoms with Gasteiger partial charge >= 0.3 is 6.18 Å². The van der Waals surface area contributed by atoms with Gasteiger partial charge in [0.2, 0.25) is 0 Å². The molecule has 1 amide bonds. The average molecular weight is 365 g/mol. The molecular weight excluding hydrogens is 341 g/mol. The second kappa shape index (κ2) is 8.10. The molecule has 7 heteroatoms. The summed E-state index contributed by atoms with van der Waals surface area (Å²) in [5, 5.41) is 3.17. The maximum absolute atomic E-state index is 12.9. The molecule has 0 bridgehead atoms. The zero-order valence-corrected chi connectivity index (χ0v) is 14.6.